The zero-order valence-corrected chi connectivity index (χ0v) is 11.2. The Hall–Kier alpha value is -2.28. The van der Waals surface area contributed by atoms with Gasteiger partial charge in [-0.15, -0.1) is 0 Å². The molecule has 0 amide bonds. The van der Waals surface area contributed by atoms with E-state index in [1.807, 2.05) is 0 Å². The molecular weight excluding hydrogens is 266 g/mol. The molecule has 7 nitrogen and oxygen atoms in total. The van der Waals surface area contributed by atoms with Crippen LogP contribution < -0.4 is 0 Å². The lowest BCUT2D eigenvalue weighted by atomic mass is 9.95. The molecule has 1 N–H and O–H groups in total. The minimum absolute atomic E-state index is 0.0979. The Labute approximate surface area is 115 Å². The molecule has 1 unspecified atom stereocenters. The predicted molar refractivity (Wildman–Crippen MR) is 69.3 cm³/mol. The van der Waals surface area contributed by atoms with E-state index in [1.165, 1.54) is 31.2 Å². The van der Waals surface area contributed by atoms with Crippen molar-refractivity contribution in [1.82, 2.24) is 0 Å². The van der Waals surface area contributed by atoms with Crippen molar-refractivity contribution in [3.8, 4) is 0 Å². The fourth-order valence-electron chi connectivity index (χ4n) is 1.54. The smallest absolute Gasteiger partial charge is 0.338 e. The zero-order chi connectivity index (χ0) is 15.3. The van der Waals surface area contributed by atoms with Crippen molar-refractivity contribution in [2.45, 2.75) is 25.9 Å². The van der Waals surface area contributed by atoms with Gasteiger partial charge in [0.1, 0.15) is 0 Å². The number of nitro benzene ring substituents is 1. The Balaban J connectivity index is 2.80. The highest BCUT2D eigenvalue weighted by Crippen LogP contribution is 2.18. The number of nitro groups is 1. The SMILES string of the molecule is CCOC(=O)C(C)(O)CC(=O)c1ccc([N+](=O)[O-])cc1. The van der Waals surface area contributed by atoms with Gasteiger partial charge in [-0.3, -0.25) is 14.9 Å². The summed E-state index contributed by atoms with van der Waals surface area (Å²) in [6, 6.07) is 4.93. The third kappa shape index (κ3) is 3.86. The molecule has 108 valence electrons. The molecule has 1 aromatic rings. The zero-order valence-electron chi connectivity index (χ0n) is 11.2. The molecule has 0 saturated carbocycles. The molecule has 0 aliphatic carbocycles. The monoisotopic (exact) mass is 281 g/mol. The molecule has 20 heavy (non-hydrogen) atoms. The number of rotatable bonds is 6. The third-order valence-corrected chi connectivity index (χ3v) is 2.62. The van der Waals surface area contributed by atoms with Crippen molar-refractivity contribution < 1.29 is 24.4 Å². The predicted octanol–water partition coefficient (Wildman–Crippen LogP) is 1.48. The molecule has 7 heteroatoms. The van der Waals surface area contributed by atoms with Crippen LogP contribution in [0.1, 0.15) is 30.6 Å². The lowest BCUT2D eigenvalue weighted by Gasteiger charge is -2.19. The number of nitrogens with zero attached hydrogens (tertiary/aromatic N) is 1. The van der Waals surface area contributed by atoms with E-state index in [0.29, 0.717) is 0 Å². The number of hydrogen-bond donors (Lipinski definition) is 1. The van der Waals surface area contributed by atoms with Crippen LogP contribution in [-0.2, 0) is 9.53 Å². The number of non-ortho nitro benzene ring substituents is 1. The Bertz CT molecular complexity index is 520. The van der Waals surface area contributed by atoms with Gasteiger partial charge in [0.25, 0.3) is 5.69 Å². The van der Waals surface area contributed by atoms with Crippen molar-refractivity contribution in [2.24, 2.45) is 0 Å². The van der Waals surface area contributed by atoms with E-state index in [-0.39, 0.29) is 17.9 Å². The molecule has 0 saturated heterocycles. The van der Waals surface area contributed by atoms with Gasteiger partial charge in [-0.1, -0.05) is 0 Å². The summed E-state index contributed by atoms with van der Waals surface area (Å²) in [6.45, 7) is 2.88. The fraction of sp³-hybridized carbons (Fsp3) is 0.385. The van der Waals surface area contributed by atoms with E-state index in [9.17, 15) is 24.8 Å². The van der Waals surface area contributed by atoms with Crippen LogP contribution in [0.15, 0.2) is 24.3 Å². The highest BCUT2D eigenvalue weighted by molar-refractivity contribution is 5.99. The highest BCUT2D eigenvalue weighted by atomic mass is 16.6. The Morgan fingerprint density at radius 1 is 1.35 bits per heavy atom. The fourth-order valence-corrected chi connectivity index (χ4v) is 1.54. The number of carbonyl (C=O) groups is 2. The second kappa shape index (κ2) is 6.25. The number of hydrogen-bond acceptors (Lipinski definition) is 6. The van der Waals surface area contributed by atoms with Crippen LogP contribution in [0.4, 0.5) is 5.69 Å². The van der Waals surface area contributed by atoms with Crippen LogP contribution in [0.25, 0.3) is 0 Å². The van der Waals surface area contributed by atoms with Gasteiger partial charge in [0.15, 0.2) is 11.4 Å². The van der Waals surface area contributed by atoms with Crippen molar-refractivity contribution in [1.29, 1.82) is 0 Å². The van der Waals surface area contributed by atoms with Crippen molar-refractivity contribution >= 4 is 17.4 Å². The minimum atomic E-state index is -1.92. The first kappa shape index (κ1) is 15.8. The number of carbonyl (C=O) groups excluding carboxylic acids is 2. The largest absolute Gasteiger partial charge is 0.464 e. The average Bonchev–Trinajstić information content (AvgIpc) is 2.38. The molecule has 0 aromatic heterocycles. The van der Waals surface area contributed by atoms with E-state index >= 15 is 0 Å². The quantitative estimate of drug-likeness (QED) is 0.366. The van der Waals surface area contributed by atoms with Gasteiger partial charge in [0, 0.05) is 17.7 Å². The molecule has 1 atom stereocenters. The summed E-state index contributed by atoms with van der Waals surface area (Å²) in [5.41, 5.74) is -1.88. The highest BCUT2D eigenvalue weighted by Gasteiger charge is 2.34. The van der Waals surface area contributed by atoms with Gasteiger partial charge < -0.3 is 9.84 Å². The Morgan fingerprint density at radius 3 is 2.35 bits per heavy atom. The normalized spacial score (nSPS) is 13.3. The number of Topliss-reactive ketones (excluding diaryl/α,β-unsaturated/α-hetero) is 1. The van der Waals surface area contributed by atoms with Crippen LogP contribution >= 0.6 is 0 Å². The molecule has 0 aliphatic heterocycles. The summed E-state index contributed by atoms with van der Waals surface area (Å²) in [5, 5.41) is 20.4. The first-order valence-corrected chi connectivity index (χ1v) is 5.95. The summed E-state index contributed by atoms with van der Waals surface area (Å²) in [6.07, 6.45) is -0.455. The number of esters is 1. The van der Waals surface area contributed by atoms with E-state index in [1.54, 1.807) is 6.92 Å². The van der Waals surface area contributed by atoms with Crippen LogP contribution in [0.3, 0.4) is 0 Å². The molecule has 1 rings (SSSR count). The third-order valence-electron chi connectivity index (χ3n) is 2.62. The number of aliphatic hydroxyl groups is 1. The van der Waals surface area contributed by atoms with Crippen molar-refractivity contribution in [3.63, 3.8) is 0 Å². The van der Waals surface area contributed by atoms with E-state index in [4.69, 9.17) is 0 Å². The summed E-state index contributed by atoms with van der Waals surface area (Å²) in [5.74, 6) is -1.38. The Kier molecular flexibility index (Phi) is 4.93. The summed E-state index contributed by atoms with van der Waals surface area (Å²) in [4.78, 5) is 33.3. The van der Waals surface area contributed by atoms with E-state index in [2.05, 4.69) is 4.74 Å². The maximum atomic E-state index is 11.9. The maximum Gasteiger partial charge on any atom is 0.338 e. The molecule has 0 bridgehead atoms. The molecule has 0 heterocycles. The summed E-state index contributed by atoms with van der Waals surface area (Å²) < 4.78 is 4.66. The standard InChI is InChI=1S/C13H15NO6/c1-3-20-12(16)13(2,17)8-11(15)9-4-6-10(7-5-9)14(18)19/h4-7,17H,3,8H2,1-2H3. The Morgan fingerprint density at radius 2 is 1.90 bits per heavy atom. The lowest BCUT2D eigenvalue weighted by molar-refractivity contribution is -0.384. The van der Waals surface area contributed by atoms with Gasteiger partial charge >= 0.3 is 5.97 Å². The summed E-state index contributed by atoms with van der Waals surface area (Å²) in [7, 11) is 0. The molecular formula is C13H15NO6. The van der Waals surface area contributed by atoms with Crippen LogP contribution in [0.2, 0.25) is 0 Å². The van der Waals surface area contributed by atoms with Gasteiger partial charge in [0.05, 0.1) is 18.0 Å². The number of ether oxygens (including phenoxy) is 1. The van der Waals surface area contributed by atoms with Crippen LogP contribution in [-0.4, -0.2) is 34.0 Å². The topological polar surface area (TPSA) is 107 Å². The van der Waals surface area contributed by atoms with Gasteiger partial charge in [-0.05, 0) is 26.0 Å². The van der Waals surface area contributed by atoms with Gasteiger partial charge in [-0.2, -0.15) is 0 Å². The first-order chi connectivity index (χ1) is 9.27. The van der Waals surface area contributed by atoms with Crippen molar-refractivity contribution in [3.05, 3.63) is 39.9 Å². The summed E-state index contributed by atoms with van der Waals surface area (Å²) >= 11 is 0. The molecule has 0 aliphatic rings. The number of benzene rings is 1. The molecule has 0 spiro atoms. The second-order valence-electron chi connectivity index (χ2n) is 4.40. The molecule has 0 radical (unpaired) electrons. The second-order valence-corrected chi connectivity index (χ2v) is 4.40. The average molecular weight is 281 g/mol. The number of ketones is 1. The lowest BCUT2D eigenvalue weighted by Crippen LogP contribution is -2.39. The minimum Gasteiger partial charge on any atom is -0.464 e. The van der Waals surface area contributed by atoms with E-state index < -0.39 is 28.7 Å². The van der Waals surface area contributed by atoms with Gasteiger partial charge in [-0.25, -0.2) is 4.79 Å². The van der Waals surface area contributed by atoms with Crippen LogP contribution in [0.5, 0.6) is 0 Å². The maximum absolute atomic E-state index is 11.9. The molecule has 0 fully saturated rings. The van der Waals surface area contributed by atoms with E-state index in [0.717, 1.165) is 0 Å². The molecule has 1 aromatic carbocycles. The van der Waals surface area contributed by atoms with Crippen LogP contribution in [0, 0.1) is 10.1 Å². The van der Waals surface area contributed by atoms with Crippen molar-refractivity contribution in [2.75, 3.05) is 6.61 Å². The van der Waals surface area contributed by atoms with Gasteiger partial charge in [0.2, 0.25) is 0 Å². The first-order valence-electron chi connectivity index (χ1n) is 5.95.